The van der Waals surface area contributed by atoms with Gasteiger partial charge in [-0.25, -0.2) is 0 Å². The predicted molar refractivity (Wildman–Crippen MR) is 117 cm³/mol. The van der Waals surface area contributed by atoms with Gasteiger partial charge in [-0.2, -0.15) is 0 Å². The fourth-order valence-corrected chi connectivity index (χ4v) is 5.18. The highest BCUT2D eigenvalue weighted by Gasteiger charge is 2.53. The molecule has 1 saturated heterocycles. The molecular formula is C24H25N3O3. The van der Waals surface area contributed by atoms with E-state index in [1.165, 1.54) is 0 Å². The Balaban J connectivity index is 1.47. The molecule has 1 fully saturated rings. The van der Waals surface area contributed by atoms with Gasteiger partial charge < -0.3 is 14.6 Å². The maximum atomic E-state index is 13.4. The summed E-state index contributed by atoms with van der Waals surface area (Å²) in [5.74, 6) is 0.0617. The second-order valence-corrected chi connectivity index (χ2v) is 8.33. The van der Waals surface area contributed by atoms with Crippen molar-refractivity contribution in [3.63, 3.8) is 0 Å². The lowest BCUT2D eigenvalue weighted by atomic mass is 9.81. The average Bonchev–Trinajstić information content (AvgIpc) is 3.28. The number of likely N-dealkylation sites (tertiary alicyclic amines) is 1. The number of pyridine rings is 1. The first-order valence-electron chi connectivity index (χ1n) is 10.4. The molecular weight excluding hydrogens is 378 g/mol. The largest absolute Gasteiger partial charge is 0.395 e. The Morgan fingerprint density at radius 3 is 2.67 bits per heavy atom. The molecule has 3 aromatic rings. The molecule has 1 unspecified atom stereocenters. The summed E-state index contributed by atoms with van der Waals surface area (Å²) in [6.07, 6.45) is 0.721. The number of aromatic nitrogens is 1. The molecule has 0 radical (unpaired) electrons. The maximum Gasteiger partial charge on any atom is 0.255 e. The number of nitrogens with zero attached hydrogens (tertiary/aromatic N) is 3. The van der Waals surface area contributed by atoms with Crippen molar-refractivity contribution in [3.8, 4) is 0 Å². The number of fused-ring (bicyclic) bond motifs is 3. The van der Waals surface area contributed by atoms with Crippen LogP contribution in [0.2, 0.25) is 0 Å². The fourth-order valence-electron chi connectivity index (χ4n) is 5.18. The molecule has 6 heteroatoms. The lowest BCUT2D eigenvalue weighted by Gasteiger charge is -2.24. The van der Waals surface area contributed by atoms with Crippen LogP contribution in [0.4, 0.5) is 5.69 Å². The van der Waals surface area contributed by atoms with E-state index >= 15 is 0 Å². The Morgan fingerprint density at radius 2 is 1.83 bits per heavy atom. The summed E-state index contributed by atoms with van der Waals surface area (Å²) < 4.78 is 1.70. The van der Waals surface area contributed by atoms with Crippen LogP contribution in [0.25, 0.3) is 10.9 Å². The summed E-state index contributed by atoms with van der Waals surface area (Å²) in [5, 5.41) is 10.5. The third kappa shape index (κ3) is 2.71. The highest BCUT2D eigenvalue weighted by molar-refractivity contribution is 6.08. The molecule has 0 aliphatic carbocycles. The van der Waals surface area contributed by atoms with E-state index in [2.05, 4.69) is 4.90 Å². The zero-order chi connectivity index (χ0) is 20.9. The fraction of sp³-hybridized carbons (Fsp3) is 0.333. The summed E-state index contributed by atoms with van der Waals surface area (Å²) in [5.41, 5.74) is 3.03. The number of aryl methyl sites for hydroxylation is 1. The third-order valence-electron chi connectivity index (χ3n) is 6.64. The summed E-state index contributed by atoms with van der Waals surface area (Å²) in [6, 6.07) is 17.8. The quantitative estimate of drug-likeness (QED) is 0.724. The van der Waals surface area contributed by atoms with Crippen LogP contribution in [0.3, 0.4) is 0 Å². The predicted octanol–water partition coefficient (Wildman–Crippen LogP) is 2.02. The molecule has 1 spiro atoms. The second kappa shape index (κ2) is 7.07. The van der Waals surface area contributed by atoms with Gasteiger partial charge in [0.2, 0.25) is 5.91 Å². The Labute approximate surface area is 175 Å². The molecule has 3 heterocycles. The van der Waals surface area contributed by atoms with Gasteiger partial charge >= 0.3 is 0 Å². The van der Waals surface area contributed by atoms with Crippen LogP contribution in [-0.4, -0.2) is 46.7 Å². The molecule has 2 aliphatic rings. The molecule has 154 valence electrons. The number of carbonyl (C=O) groups is 1. The minimum absolute atomic E-state index is 0.00899. The van der Waals surface area contributed by atoms with Crippen molar-refractivity contribution in [3.05, 3.63) is 76.1 Å². The number of benzene rings is 2. The van der Waals surface area contributed by atoms with E-state index < -0.39 is 5.41 Å². The molecule has 1 atom stereocenters. The smallest absolute Gasteiger partial charge is 0.255 e. The highest BCUT2D eigenvalue weighted by Crippen LogP contribution is 2.47. The topological polar surface area (TPSA) is 65.8 Å². The van der Waals surface area contributed by atoms with Gasteiger partial charge in [0.25, 0.3) is 5.56 Å². The lowest BCUT2D eigenvalue weighted by molar-refractivity contribution is -0.122. The van der Waals surface area contributed by atoms with Crippen LogP contribution in [0.1, 0.15) is 17.5 Å². The van der Waals surface area contributed by atoms with Gasteiger partial charge in [0, 0.05) is 37.9 Å². The number of aliphatic hydroxyl groups excluding tert-OH is 1. The molecule has 1 N–H and O–H groups in total. The van der Waals surface area contributed by atoms with Crippen molar-refractivity contribution in [1.82, 2.24) is 9.47 Å². The van der Waals surface area contributed by atoms with Gasteiger partial charge in [-0.1, -0.05) is 36.4 Å². The standard InChI is InChI=1S/C24H25N3O3/c1-25-20-8-4-2-6-17(20)14-18(22(25)29)15-26-11-10-24(16-26)19-7-3-5-9-21(19)27(12-13-28)23(24)30/h2-9,14,28H,10-13,15-16H2,1H3. The maximum absolute atomic E-state index is 13.4. The Kier molecular flexibility index (Phi) is 4.49. The van der Waals surface area contributed by atoms with Gasteiger partial charge in [-0.15, -0.1) is 0 Å². The molecule has 1 aromatic heterocycles. The van der Waals surface area contributed by atoms with E-state index in [0.29, 0.717) is 19.6 Å². The normalized spacial score (nSPS) is 21.1. The molecule has 1 amide bonds. The van der Waals surface area contributed by atoms with Crippen LogP contribution in [0, 0.1) is 0 Å². The summed E-state index contributed by atoms with van der Waals surface area (Å²) >= 11 is 0. The number of β-amino-alcohol motifs (C(OH)–C–C–N with tert-alkyl or cyclic N) is 1. The zero-order valence-corrected chi connectivity index (χ0v) is 17.0. The number of hydrogen-bond donors (Lipinski definition) is 1. The highest BCUT2D eigenvalue weighted by atomic mass is 16.3. The zero-order valence-electron chi connectivity index (χ0n) is 17.0. The van der Waals surface area contributed by atoms with Crippen LogP contribution >= 0.6 is 0 Å². The van der Waals surface area contributed by atoms with E-state index in [4.69, 9.17) is 0 Å². The number of carbonyl (C=O) groups excluding carboxylic acids is 1. The Bertz CT molecular complexity index is 1200. The lowest BCUT2D eigenvalue weighted by Crippen LogP contribution is -2.43. The van der Waals surface area contributed by atoms with Crippen molar-refractivity contribution in [2.24, 2.45) is 7.05 Å². The Morgan fingerprint density at radius 1 is 1.07 bits per heavy atom. The van der Waals surface area contributed by atoms with Gasteiger partial charge in [-0.05, 0) is 42.1 Å². The summed E-state index contributed by atoms with van der Waals surface area (Å²) in [6.45, 7) is 2.11. The van der Waals surface area contributed by atoms with Gasteiger partial charge in [0.15, 0.2) is 0 Å². The van der Waals surface area contributed by atoms with Crippen molar-refractivity contribution in [2.45, 2.75) is 18.4 Å². The number of para-hydroxylation sites is 2. The first-order chi connectivity index (χ1) is 14.5. The first kappa shape index (κ1) is 19.0. The minimum atomic E-state index is -0.589. The van der Waals surface area contributed by atoms with E-state index in [9.17, 15) is 14.7 Å². The molecule has 2 aromatic carbocycles. The molecule has 2 aliphatic heterocycles. The van der Waals surface area contributed by atoms with Crippen LogP contribution < -0.4 is 10.5 Å². The summed E-state index contributed by atoms with van der Waals surface area (Å²) in [7, 11) is 1.81. The van der Waals surface area contributed by atoms with Crippen molar-refractivity contribution in [2.75, 3.05) is 31.1 Å². The van der Waals surface area contributed by atoms with Gasteiger partial charge in [-0.3, -0.25) is 14.5 Å². The Hall–Kier alpha value is -2.96. The van der Waals surface area contributed by atoms with E-state index in [0.717, 1.165) is 40.7 Å². The monoisotopic (exact) mass is 403 g/mol. The van der Waals surface area contributed by atoms with E-state index in [1.807, 2.05) is 61.6 Å². The molecule has 0 bridgehead atoms. The number of aliphatic hydroxyl groups is 1. The van der Waals surface area contributed by atoms with Gasteiger partial charge in [0.1, 0.15) is 0 Å². The van der Waals surface area contributed by atoms with E-state index in [-0.39, 0.29) is 18.1 Å². The summed E-state index contributed by atoms with van der Waals surface area (Å²) in [4.78, 5) is 30.2. The first-order valence-corrected chi connectivity index (χ1v) is 10.4. The average molecular weight is 403 g/mol. The van der Waals surface area contributed by atoms with Crippen LogP contribution in [0.15, 0.2) is 59.4 Å². The molecule has 30 heavy (non-hydrogen) atoms. The van der Waals surface area contributed by atoms with E-state index in [1.54, 1.807) is 9.47 Å². The minimum Gasteiger partial charge on any atom is -0.395 e. The van der Waals surface area contributed by atoms with Gasteiger partial charge in [0.05, 0.1) is 17.5 Å². The number of hydrogen-bond acceptors (Lipinski definition) is 4. The number of anilines is 1. The molecule has 0 saturated carbocycles. The van der Waals surface area contributed by atoms with Crippen LogP contribution in [-0.2, 0) is 23.8 Å². The third-order valence-corrected chi connectivity index (χ3v) is 6.64. The van der Waals surface area contributed by atoms with Crippen LogP contribution in [0.5, 0.6) is 0 Å². The number of amides is 1. The molecule has 5 rings (SSSR count). The molecule has 6 nitrogen and oxygen atoms in total. The SMILES string of the molecule is Cn1c(=O)c(CN2CCC3(C2)C(=O)N(CCO)c2ccccc23)cc2ccccc21. The van der Waals surface area contributed by atoms with Crippen molar-refractivity contribution in [1.29, 1.82) is 0 Å². The second-order valence-electron chi connectivity index (χ2n) is 8.33. The number of rotatable bonds is 4. The van der Waals surface area contributed by atoms with Crippen molar-refractivity contribution < 1.29 is 9.90 Å². The van der Waals surface area contributed by atoms with Crippen molar-refractivity contribution >= 4 is 22.5 Å².